The standard InChI is InChI=1S/C15H14O/c1-2-6-13-11-14(9-8-12(13)5-1)15-7-3-4-10-16-15/h1-3,5-9,11,15H,4,10H2. The van der Waals surface area contributed by atoms with Gasteiger partial charge in [0.2, 0.25) is 0 Å². The first kappa shape index (κ1) is 9.61. The van der Waals surface area contributed by atoms with Crippen LogP contribution in [0.5, 0.6) is 0 Å². The van der Waals surface area contributed by atoms with E-state index in [1.165, 1.54) is 16.3 Å². The van der Waals surface area contributed by atoms with Gasteiger partial charge in [-0.25, -0.2) is 0 Å². The van der Waals surface area contributed by atoms with Crippen molar-refractivity contribution in [1.29, 1.82) is 0 Å². The van der Waals surface area contributed by atoms with Crippen LogP contribution >= 0.6 is 0 Å². The van der Waals surface area contributed by atoms with E-state index >= 15 is 0 Å². The van der Waals surface area contributed by atoms with Gasteiger partial charge in [0.15, 0.2) is 0 Å². The third-order valence-electron chi connectivity index (χ3n) is 2.99. The number of hydrogen-bond donors (Lipinski definition) is 0. The van der Waals surface area contributed by atoms with Crippen molar-refractivity contribution >= 4 is 10.8 Å². The Hall–Kier alpha value is -1.60. The molecule has 0 aromatic heterocycles. The summed E-state index contributed by atoms with van der Waals surface area (Å²) in [6, 6.07) is 15.0. The molecule has 1 heterocycles. The molecule has 1 unspecified atom stereocenters. The van der Waals surface area contributed by atoms with E-state index in [-0.39, 0.29) is 6.10 Å². The number of fused-ring (bicyclic) bond motifs is 1. The van der Waals surface area contributed by atoms with Crippen LogP contribution in [0.2, 0.25) is 0 Å². The minimum absolute atomic E-state index is 0.137. The lowest BCUT2D eigenvalue weighted by Gasteiger charge is -2.18. The molecule has 1 aliphatic rings. The predicted octanol–water partition coefficient (Wildman–Crippen LogP) is 3.86. The van der Waals surface area contributed by atoms with Gasteiger partial charge in [0.25, 0.3) is 0 Å². The average Bonchev–Trinajstić information content (AvgIpc) is 2.39. The number of rotatable bonds is 1. The SMILES string of the molecule is C1=CC(c2ccc3ccccc3c2)OCC1. The molecule has 1 nitrogen and oxygen atoms in total. The lowest BCUT2D eigenvalue weighted by molar-refractivity contribution is 0.0801. The highest BCUT2D eigenvalue weighted by Crippen LogP contribution is 2.25. The minimum atomic E-state index is 0.137. The van der Waals surface area contributed by atoms with Crippen molar-refractivity contribution in [3.63, 3.8) is 0 Å². The molecule has 0 saturated heterocycles. The van der Waals surface area contributed by atoms with Gasteiger partial charge in [-0.2, -0.15) is 0 Å². The van der Waals surface area contributed by atoms with Gasteiger partial charge < -0.3 is 4.74 Å². The lowest BCUT2D eigenvalue weighted by atomic mass is 10.0. The number of ether oxygens (including phenoxy) is 1. The van der Waals surface area contributed by atoms with Crippen LogP contribution in [-0.2, 0) is 4.74 Å². The molecule has 1 atom stereocenters. The second kappa shape index (κ2) is 4.11. The Morgan fingerprint density at radius 1 is 1.00 bits per heavy atom. The summed E-state index contributed by atoms with van der Waals surface area (Å²) in [4.78, 5) is 0. The Morgan fingerprint density at radius 3 is 2.69 bits per heavy atom. The fourth-order valence-corrected chi connectivity index (χ4v) is 2.13. The van der Waals surface area contributed by atoms with Gasteiger partial charge in [-0.3, -0.25) is 0 Å². The van der Waals surface area contributed by atoms with E-state index in [0.29, 0.717) is 0 Å². The van der Waals surface area contributed by atoms with Crippen LogP contribution in [0.25, 0.3) is 10.8 Å². The van der Waals surface area contributed by atoms with Crippen molar-refractivity contribution in [1.82, 2.24) is 0 Å². The lowest BCUT2D eigenvalue weighted by Crippen LogP contribution is -2.06. The van der Waals surface area contributed by atoms with Gasteiger partial charge in [0.05, 0.1) is 6.61 Å². The molecule has 2 aromatic rings. The first-order valence-corrected chi connectivity index (χ1v) is 5.70. The Morgan fingerprint density at radius 2 is 1.88 bits per heavy atom. The van der Waals surface area contributed by atoms with Crippen LogP contribution < -0.4 is 0 Å². The largest absolute Gasteiger partial charge is 0.369 e. The summed E-state index contributed by atoms with van der Waals surface area (Å²) >= 11 is 0. The third-order valence-corrected chi connectivity index (χ3v) is 2.99. The first-order chi connectivity index (χ1) is 7.93. The van der Waals surface area contributed by atoms with Crippen LogP contribution in [-0.4, -0.2) is 6.61 Å². The molecule has 16 heavy (non-hydrogen) atoms. The molecule has 0 N–H and O–H groups in total. The Labute approximate surface area is 95.4 Å². The molecular weight excluding hydrogens is 196 g/mol. The molecule has 0 spiro atoms. The fraction of sp³-hybridized carbons (Fsp3) is 0.200. The number of hydrogen-bond acceptors (Lipinski definition) is 1. The van der Waals surface area contributed by atoms with Crippen LogP contribution in [0.4, 0.5) is 0 Å². The van der Waals surface area contributed by atoms with Crippen LogP contribution in [0, 0.1) is 0 Å². The first-order valence-electron chi connectivity index (χ1n) is 5.70. The highest BCUT2D eigenvalue weighted by atomic mass is 16.5. The summed E-state index contributed by atoms with van der Waals surface area (Å²) in [5.74, 6) is 0. The molecular formula is C15H14O. The highest BCUT2D eigenvalue weighted by molar-refractivity contribution is 5.83. The molecule has 2 aromatic carbocycles. The van der Waals surface area contributed by atoms with E-state index in [0.717, 1.165) is 13.0 Å². The quantitative estimate of drug-likeness (QED) is 0.649. The maximum absolute atomic E-state index is 5.73. The molecule has 0 fully saturated rings. The van der Waals surface area contributed by atoms with Crippen molar-refractivity contribution in [3.8, 4) is 0 Å². The van der Waals surface area contributed by atoms with Crippen molar-refractivity contribution in [2.24, 2.45) is 0 Å². The normalized spacial score (nSPS) is 20.1. The van der Waals surface area contributed by atoms with Crippen molar-refractivity contribution in [2.75, 3.05) is 6.61 Å². The highest BCUT2D eigenvalue weighted by Gasteiger charge is 2.11. The summed E-state index contributed by atoms with van der Waals surface area (Å²) < 4.78 is 5.73. The van der Waals surface area contributed by atoms with Gasteiger partial charge >= 0.3 is 0 Å². The monoisotopic (exact) mass is 210 g/mol. The van der Waals surface area contributed by atoms with E-state index in [1.54, 1.807) is 0 Å². The zero-order valence-corrected chi connectivity index (χ0v) is 9.10. The van der Waals surface area contributed by atoms with Gasteiger partial charge in [-0.05, 0) is 28.8 Å². The topological polar surface area (TPSA) is 9.23 Å². The second-order valence-electron chi connectivity index (χ2n) is 4.11. The fourth-order valence-electron chi connectivity index (χ4n) is 2.13. The van der Waals surface area contributed by atoms with Crippen molar-refractivity contribution in [2.45, 2.75) is 12.5 Å². The van der Waals surface area contributed by atoms with Gasteiger partial charge in [0, 0.05) is 0 Å². The summed E-state index contributed by atoms with van der Waals surface area (Å²) in [7, 11) is 0. The second-order valence-corrected chi connectivity index (χ2v) is 4.11. The summed E-state index contributed by atoms with van der Waals surface area (Å²) in [6.07, 6.45) is 5.51. The molecule has 3 rings (SSSR count). The predicted molar refractivity (Wildman–Crippen MR) is 66.4 cm³/mol. The van der Waals surface area contributed by atoms with E-state index in [1.807, 2.05) is 0 Å². The third kappa shape index (κ3) is 1.74. The van der Waals surface area contributed by atoms with E-state index < -0.39 is 0 Å². The van der Waals surface area contributed by atoms with Gasteiger partial charge in [-0.15, -0.1) is 0 Å². The zero-order valence-electron chi connectivity index (χ0n) is 9.10. The Balaban J connectivity index is 2.04. The maximum atomic E-state index is 5.73. The summed E-state index contributed by atoms with van der Waals surface area (Å²) in [5, 5.41) is 2.56. The van der Waals surface area contributed by atoms with Crippen LogP contribution in [0.1, 0.15) is 18.1 Å². The zero-order chi connectivity index (χ0) is 10.8. The van der Waals surface area contributed by atoms with E-state index in [2.05, 4.69) is 54.6 Å². The van der Waals surface area contributed by atoms with Crippen molar-refractivity contribution in [3.05, 3.63) is 60.2 Å². The van der Waals surface area contributed by atoms with Crippen molar-refractivity contribution < 1.29 is 4.74 Å². The van der Waals surface area contributed by atoms with Crippen LogP contribution in [0.15, 0.2) is 54.6 Å². The van der Waals surface area contributed by atoms with Crippen LogP contribution in [0.3, 0.4) is 0 Å². The smallest absolute Gasteiger partial charge is 0.101 e. The van der Waals surface area contributed by atoms with E-state index in [4.69, 9.17) is 4.74 Å². The molecule has 1 heteroatoms. The molecule has 0 saturated carbocycles. The molecule has 1 aliphatic heterocycles. The minimum Gasteiger partial charge on any atom is -0.369 e. The molecule has 0 bridgehead atoms. The molecule has 0 radical (unpaired) electrons. The molecule has 0 aliphatic carbocycles. The maximum Gasteiger partial charge on any atom is 0.101 e. The van der Waals surface area contributed by atoms with Gasteiger partial charge in [0.1, 0.15) is 6.10 Å². The number of benzene rings is 2. The Kier molecular flexibility index (Phi) is 2.47. The average molecular weight is 210 g/mol. The van der Waals surface area contributed by atoms with Gasteiger partial charge in [-0.1, -0.05) is 48.6 Å². The summed E-state index contributed by atoms with van der Waals surface area (Å²) in [5.41, 5.74) is 1.25. The molecule has 80 valence electrons. The molecule has 0 amide bonds. The van der Waals surface area contributed by atoms with E-state index in [9.17, 15) is 0 Å². The Bertz CT molecular complexity index is 528. The summed E-state index contributed by atoms with van der Waals surface area (Å²) in [6.45, 7) is 0.827.